The van der Waals surface area contributed by atoms with Crippen LogP contribution in [0.15, 0.2) is 48.5 Å². The fourth-order valence-corrected chi connectivity index (χ4v) is 3.87. The van der Waals surface area contributed by atoms with E-state index >= 15 is 0 Å². The molecule has 0 spiro atoms. The Morgan fingerprint density at radius 1 is 1.16 bits per heavy atom. The molecule has 0 saturated carbocycles. The first-order valence-corrected chi connectivity index (χ1v) is 10.1. The van der Waals surface area contributed by atoms with Crippen LogP contribution in [-0.2, 0) is 9.59 Å². The summed E-state index contributed by atoms with van der Waals surface area (Å²) in [5, 5.41) is 2.45. The van der Waals surface area contributed by atoms with Crippen molar-refractivity contribution in [3.8, 4) is 11.5 Å². The average molecular weight is 449 g/mol. The van der Waals surface area contributed by atoms with Crippen molar-refractivity contribution in [1.29, 1.82) is 0 Å². The third-order valence-electron chi connectivity index (χ3n) is 5.26. The van der Waals surface area contributed by atoms with Crippen molar-refractivity contribution in [2.75, 3.05) is 37.0 Å². The van der Waals surface area contributed by atoms with Gasteiger partial charge in [0.05, 0.1) is 24.3 Å². The van der Waals surface area contributed by atoms with E-state index in [-0.39, 0.29) is 37.2 Å². The third kappa shape index (κ3) is 4.64. The van der Waals surface area contributed by atoms with Crippen molar-refractivity contribution in [3.63, 3.8) is 0 Å². The number of likely N-dealkylation sites (N-methyl/N-ethyl adjacent to an activating group) is 1. The molecule has 4 rings (SSSR count). The van der Waals surface area contributed by atoms with Gasteiger partial charge in [0.1, 0.15) is 18.8 Å². The average Bonchev–Trinajstić information content (AvgIpc) is 2.89. The Bertz CT molecular complexity index is 1010. The van der Waals surface area contributed by atoms with Crippen molar-refractivity contribution in [1.82, 2.24) is 4.90 Å². The van der Waals surface area contributed by atoms with Crippen LogP contribution in [0.2, 0.25) is 0 Å². The molecule has 0 fully saturated rings. The van der Waals surface area contributed by atoms with Crippen LogP contribution in [0.3, 0.4) is 0 Å². The number of carbonyl (C=O) groups is 2. The number of anilines is 2. The summed E-state index contributed by atoms with van der Waals surface area (Å²) < 4.78 is 53.0. The fraction of sp³-hybridized carbons (Fsp3) is 0.364. The van der Waals surface area contributed by atoms with E-state index < -0.39 is 30.5 Å². The van der Waals surface area contributed by atoms with Gasteiger partial charge < -0.3 is 14.8 Å². The van der Waals surface area contributed by atoms with Crippen LogP contribution in [0.25, 0.3) is 0 Å². The number of fused-ring (bicyclic) bond motifs is 2. The van der Waals surface area contributed by atoms with E-state index in [1.54, 1.807) is 36.2 Å². The highest BCUT2D eigenvalue weighted by molar-refractivity contribution is 6.05. The molecule has 0 aromatic heterocycles. The Balaban J connectivity index is 1.51. The maximum absolute atomic E-state index is 13.8. The smallest absolute Gasteiger partial charge is 0.409 e. The van der Waals surface area contributed by atoms with Gasteiger partial charge in [0.25, 0.3) is 0 Å². The summed E-state index contributed by atoms with van der Waals surface area (Å²) in [6, 6.07) is 10.9. The van der Waals surface area contributed by atoms with Gasteiger partial charge in [0, 0.05) is 6.54 Å². The number of benzene rings is 2. The summed E-state index contributed by atoms with van der Waals surface area (Å²) in [4.78, 5) is 27.4. The second-order valence-corrected chi connectivity index (χ2v) is 7.78. The quantitative estimate of drug-likeness (QED) is 0.777. The number of nitrogens with zero attached hydrogens (tertiary/aromatic N) is 2. The second kappa shape index (κ2) is 8.70. The van der Waals surface area contributed by atoms with Crippen molar-refractivity contribution in [2.24, 2.45) is 0 Å². The van der Waals surface area contributed by atoms with E-state index in [1.807, 2.05) is 6.07 Å². The number of carbonyl (C=O) groups excluding carboxylic acids is 2. The first-order valence-electron chi connectivity index (χ1n) is 10.1. The topological polar surface area (TPSA) is 71.1 Å². The molecule has 2 heterocycles. The predicted octanol–water partition coefficient (Wildman–Crippen LogP) is 3.06. The lowest BCUT2D eigenvalue weighted by Gasteiger charge is -2.34. The highest BCUT2D eigenvalue weighted by Gasteiger charge is 2.49. The van der Waals surface area contributed by atoms with E-state index in [4.69, 9.17) is 9.47 Å². The van der Waals surface area contributed by atoms with Crippen molar-refractivity contribution < 1.29 is 32.2 Å². The number of alkyl halides is 3. The van der Waals surface area contributed by atoms with Gasteiger partial charge in [-0.2, -0.15) is 13.2 Å². The molecule has 0 radical (unpaired) electrons. The number of ether oxygens (including phenoxy) is 2. The second-order valence-electron chi connectivity index (χ2n) is 7.78. The van der Waals surface area contributed by atoms with Gasteiger partial charge >= 0.3 is 6.18 Å². The minimum atomic E-state index is -4.77. The first kappa shape index (κ1) is 21.9. The van der Waals surface area contributed by atoms with Crippen LogP contribution in [-0.4, -0.2) is 61.8 Å². The van der Waals surface area contributed by atoms with E-state index in [0.717, 1.165) is 0 Å². The number of nitrogens with one attached hydrogen (secondary N) is 1. The molecular weight excluding hydrogens is 427 g/mol. The summed E-state index contributed by atoms with van der Waals surface area (Å²) in [6.45, 7) is 0.228. The molecule has 7 nitrogen and oxygen atoms in total. The van der Waals surface area contributed by atoms with Gasteiger partial charge in [-0.05, 0) is 31.3 Å². The molecule has 2 aromatic rings. The Kier molecular flexibility index (Phi) is 5.96. The zero-order valence-electron chi connectivity index (χ0n) is 17.3. The lowest BCUT2D eigenvalue weighted by atomic mass is 10.1. The molecule has 2 unspecified atom stereocenters. The molecule has 0 aliphatic carbocycles. The Morgan fingerprint density at radius 2 is 1.84 bits per heavy atom. The first-order chi connectivity index (χ1) is 15.2. The molecule has 1 N–H and O–H groups in total. The number of amides is 2. The predicted molar refractivity (Wildman–Crippen MR) is 111 cm³/mol. The Morgan fingerprint density at radius 3 is 2.59 bits per heavy atom. The molecule has 2 aliphatic heterocycles. The molecule has 2 atom stereocenters. The molecule has 170 valence electrons. The molecule has 2 amide bonds. The maximum atomic E-state index is 13.8. The fourth-order valence-electron chi connectivity index (χ4n) is 3.87. The molecule has 0 saturated heterocycles. The zero-order chi connectivity index (χ0) is 22.9. The van der Waals surface area contributed by atoms with Crippen LogP contribution >= 0.6 is 0 Å². The highest BCUT2D eigenvalue weighted by atomic mass is 19.4. The van der Waals surface area contributed by atoms with Crippen LogP contribution in [0, 0.1) is 0 Å². The summed E-state index contributed by atoms with van der Waals surface area (Å²) in [7, 11) is 1.62. The Labute approximate surface area is 182 Å². The minimum absolute atomic E-state index is 0.0188. The summed E-state index contributed by atoms with van der Waals surface area (Å²) in [5.41, 5.74) is 0.186. The number of halogens is 3. The molecule has 2 aromatic carbocycles. The number of hydrogen-bond acceptors (Lipinski definition) is 5. The number of rotatable bonds is 4. The standard InChI is InChI=1S/C22H22F3N3O4/c1-27(11-14-13-31-17-8-4-5-9-18(17)32-14)12-21(30)28-16-7-3-2-6-15(16)26-20(29)10-19(28)22(23,24)25/h2-9,14,19H,10-13H2,1H3,(H,26,29). The van der Waals surface area contributed by atoms with Gasteiger partial charge in [-0.1, -0.05) is 24.3 Å². The molecule has 32 heavy (non-hydrogen) atoms. The monoisotopic (exact) mass is 449 g/mol. The van der Waals surface area contributed by atoms with E-state index in [0.29, 0.717) is 16.4 Å². The highest BCUT2D eigenvalue weighted by Crippen LogP contribution is 2.38. The van der Waals surface area contributed by atoms with Crippen LogP contribution < -0.4 is 19.7 Å². The minimum Gasteiger partial charge on any atom is -0.486 e. The van der Waals surface area contributed by atoms with Crippen LogP contribution in [0.4, 0.5) is 24.5 Å². The van der Waals surface area contributed by atoms with Crippen molar-refractivity contribution in [2.45, 2.75) is 24.7 Å². The van der Waals surface area contributed by atoms with Gasteiger partial charge in [-0.25, -0.2) is 0 Å². The van der Waals surface area contributed by atoms with Gasteiger partial charge in [0.15, 0.2) is 11.5 Å². The number of hydrogen-bond donors (Lipinski definition) is 1. The summed E-state index contributed by atoms with van der Waals surface area (Å²) in [6.07, 6.45) is -6.03. The molecule has 0 bridgehead atoms. The van der Waals surface area contributed by atoms with Gasteiger partial charge in [0.2, 0.25) is 11.8 Å². The Hall–Kier alpha value is -3.27. The summed E-state index contributed by atoms with van der Waals surface area (Å²) >= 11 is 0. The van der Waals surface area contributed by atoms with Gasteiger partial charge in [-0.3, -0.25) is 19.4 Å². The number of para-hydroxylation sites is 4. The van der Waals surface area contributed by atoms with Crippen LogP contribution in [0.1, 0.15) is 6.42 Å². The largest absolute Gasteiger partial charge is 0.486 e. The van der Waals surface area contributed by atoms with Crippen molar-refractivity contribution in [3.05, 3.63) is 48.5 Å². The normalized spacial score (nSPS) is 20.4. The maximum Gasteiger partial charge on any atom is 0.409 e. The SMILES string of the molecule is CN(CC(=O)N1c2ccccc2NC(=O)CC1C(F)(F)F)CC1COc2ccccc2O1. The van der Waals surface area contributed by atoms with Crippen molar-refractivity contribution >= 4 is 23.2 Å². The van der Waals surface area contributed by atoms with E-state index in [9.17, 15) is 22.8 Å². The third-order valence-corrected chi connectivity index (χ3v) is 5.26. The van der Waals surface area contributed by atoms with E-state index in [1.165, 1.54) is 18.2 Å². The van der Waals surface area contributed by atoms with Crippen LogP contribution in [0.5, 0.6) is 11.5 Å². The van der Waals surface area contributed by atoms with E-state index in [2.05, 4.69) is 5.32 Å². The zero-order valence-corrected chi connectivity index (χ0v) is 17.3. The lowest BCUT2D eigenvalue weighted by Crippen LogP contribution is -2.53. The lowest BCUT2D eigenvalue weighted by molar-refractivity contribution is -0.158. The van der Waals surface area contributed by atoms with Gasteiger partial charge in [-0.15, -0.1) is 0 Å². The molecule has 2 aliphatic rings. The molecule has 10 heteroatoms. The molecular formula is C22H22F3N3O4. The summed E-state index contributed by atoms with van der Waals surface area (Å²) in [5.74, 6) is -0.369.